The third kappa shape index (κ3) is 5.10. The van der Waals surface area contributed by atoms with Crippen molar-refractivity contribution in [3.8, 4) is 11.1 Å². The van der Waals surface area contributed by atoms with Crippen LogP contribution in [0.15, 0.2) is 48.5 Å². The van der Waals surface area contributed by atoms with Crippen LogP contribution in [-0.2, 0) is 14.3 Å². The number of alkyl carbamates (subject to hydrolysis) is 1. The molecule has 0 spiro atoms. The highest BCUT2D eigenvalue weighted by molar-refractivity contribution is 5.89. The van der Waals surface area contributed by atoms with Gasteiger partial charge in [-0.3, -0.25) is 9.59 Å². The smallest absolute Gasteiger partial charge is 0.407 e. The van der Waals surface area contributed by atoms with Gasteiger partial charge in [-0.05, 0) is 35.6 Å². The molecule has 0 bridgehead atoms. The zero-order chi connectivity index (χ0) is 23.3. The summed E-state index contributed by atoms with van der Waals surface area (Å²) in [5.74, 6) is -1.73. The number of carbonyl (C=O) groups is 3. The van der Waals surface area contributed by atoms with Gasteiger partial charge in [0.15, 0.2) is 0 Å². The first kappa shape index (κ1) is 23.3. The summed E-state index contributed by atoms with van der Waals surface area (Å²) in [6.45, 7) is 4.00. The molecule has 2 aromatic carbocycles. The summed E-state index contributed by atoms with van der Waals surface area (Å²) in [7, 11) is 1.62. The van der Waals surface area contributed by atoms with Crippen LogP contribution in [0.25, 0.3) is 11.1 Å². The molecule has 0 fully saturated rings. The summed E-state index contributed by atoms with van der Waals surface area (Å²) in [6, 6.07) is 14.7. The minimum atomic E-state index is -1.19. The van der Waals surface area contributed by atoms with Crippen molar-refractivity contribution in [3.63, 3.8) is 0 Å². The minimum Gasteiger partial charge on any atom is -0.481 e. The van der Waals surface area contributed by atoms with E-state index in [1.807, 2.05) is 62.4 Å². The van der Waals surface area contributed by atoms with Crippen molar-refractivity contribution in [1.82, 2.24) is 10.2 Å². The van der Waals surface area contributed by atoms with Gasteiger partial charge in [0.1, 0.15) is 12.6 Å². The number of ether oxygens (including phenoxy) is 1. The van der Waals surface area contributed by atoms with Gasteiger partial charge >= 0.3 is 12.1 Å². The average Bonchev–Trinajstić information content (AvgIpc) is 3.10. The van der Waals surface area contributed by atoms with Gasteiger partial charge < -0.3 is 20.1 Å². The fourth-order valence-corrected chi connectivity index (χ4v) is 4.23. The highest BCUT2D eigenvalue weighted by Gasteiger charge is 2.31. The second kappa shape index (κ2) is 10.3. The molecule has 0 heterocycles. The fraction of sp³-hybridized carbons (Fsp3) is 0.400. The molecule has 1 aliphatic carbocycles. The van der Waals surface area contributed by atoms with E-state index in [2.05, 4.69) is 5.32 Å². The maximum absolute atomic E-state index is 12.8. The van der Waals surface area contributed by atoms with Gasteiger partial charge in [0.05, 0.1) is 6.42 Å². The van der Waals surface area contributed by atoms with Gasteiger partial charge in [-0.15, -0.1) is 0 Å². The maximum Gasteiger partial charge on any atom is 0.407 e. The molecule has 0 aromatic heterocycles. The Morgan fingerprint density at radius 2 is 1.62 bits per heavy atom. The van der Waals surface area contributed by atoms with Crippen molar-refractivity contribution in [2.75, 3.05) is 13.7 Å². The lowest BCUT2D eigenvalue weighted by atomic mass is 9.98. The number of hydrogen-bond acceptors (Lipinski definition) is 4. The number of nitrogens with one attached hydrogen (secondary N) is 1. The van der Waals surface area contributed by atoms with Crippen LogP contribution < -0.4 is 5.32 Å². The Bertz CT molecular complexity index is 944. The van der Waals surface area contributed by atoms with Crippen LogP contribution in [0.2, 0.25) is 0 Å². The summed E-state index contributed by atoms with van der Waals surface area (Å²) in [6.07, 6.45) is 0.365. The second-order valence-electron chi connectivity index (χ2n) is 8.21. The van der Waals surface area contributed by atoms with Crippen LogP contribution in [0.5, 0.6) is 0 Å². The first-order chi connectivity index (χ1) is 15.3. The highest BCUT2D eigenvalue weighted by atomic mass is 16.5. The van der Waals surface area contributed by atoms with E-state index in [1.165, 1.54) is 4.90 Å². The fourth-order valence-electron chi connectivity index (χ4n) is 4.23. The van der Waals surface area contributed by atoms with Crippen LogP contribution >= 0.6 is 0 Å². The standard InChI is InChI=1S/C25H30N2O5/c1-4-9-16(2)27(3)24(30)22(14-23(28)29)26-25(31)32-15-21-19-12-7-5-10-17(19)18-11-6-8-13-20(18)21/h5-8,10-13,16,21-22H,4,9,14-15H2,1-3H3,(H,26,31)(H,28,29). The monoisotopic (exact) mass is 438 g/mol. The lowest BCUT2D eigenvalue weighted by Gasteiger charge is -2.28. The molecule has 1 aliphatic rings. The van der Waals surface area contributed by atoms with E-state index < -0.39 is 30.4 Å². The molecule has 2 atom stereocenters. The molecule has 2 aromatic rings. The molecule has 32 heavy (non-hydrogen) atoms. The predicted octanol–water partition coefficient (Wildman–Crippen LogP) is 4.02. The first-order valence-electron chi connectivity index (χ1n) is 10.9. The van der Waals surface area contributed by atoms with E-state index in [-0.39, 0.29) is 18.6 Å². The summed E-state index contributed by atoms with van der Waals surface area (Å²) in [5, 5.41) is 11.7. The van der Waals surface area contributed by atoms with Crippen molar-refractivity contribution >= 4 is 18.0 Å². The quantitative estimate of drug-likeness (QED) is 0.617. The van der Waals surface area contributed by atoms with E-state index in [4.69, 9.17) is 4.74 Å². The van der Waals surface area contributed by atoms with Crippen molar-refractivity contribution in [2.24, 2.45) is 0 Å². The Morgan fingerprint density at radius 3 is 2.16 bits per heavy atom. The molecule has 3 rings (SSSR count). The van der Waals surface area contributed by atoms with Gasteiger partial charge in [0.25, 0.3) is 0 Å². The Kier molecular flexibility index (Phi) is 7.51. The van der Waals surface area contributed by atoms with Gasteiger partial charge in [-0.2, -0.15) is 0 Å². The molecule has 0 saturated heterocycles. The zero-order valence-electron chi connectivity index (χ0n) is 18.7. The summed E-state index contributed by atoms with van der Waals surface area (Å²) in [4.78, 5) is 38.1. The normalized spacial score (nSPS) is 14.1. The third-order valence-electron chi connectivity index (χ3n) is 6.03. The highest BCUT2D eigenvalue weighted by Crippen LogP contribution is 2.44. The molecule has 2 unspecified atom stereocenters. The van der Waals surface area contributed by atoms with E-state index in [9.17, 15) is 19.5 Å². The number of likely N-dealkylation sites (N-methyl/N-ethyl adjacent to an activating group) is 1. The second-order valence-corrected chi connectivity index (χ2v) is 8.21. The molecule has 170 valence electrons. The number of benzene rings is 2. The molecule has 7 nitrogen and oxygen atoms in total. The Morgan fingerprint density at radius 1 is 1.06 bits per heavy atom. The number of carboxylic acid groups (broad SMARTS) is 1. The topological polar surface area (TPSA) is 95.9 Å². The lowest BCUT2D eigenvalue weighted by molar-refractivity contribution is -0.142. The first-order valence-corrected chi connectivity index (χ1v) is 10.9. The summed E-state index contributed by atoms with van der Waals surface area (Å²) >= 11 is 0. The van der Waals surface area contributed by atoms with Gasteiger partial charge in [-0.25, -0.2) is 4.79 Å². The van der Waals surface area contributed by atoms with E-state index >= 15 is 0 Å². The number of amides is 2. The molecule has 0 aliphatic heterocycles. The molecule has 7 heteroatoms. The number of carboxylic acids is 1. The SMILES string of the molecule is CCCC(C)N(C)C(=O)C(CC(=O)O)NC(=O)OCC1c2ccccc2-c2ccccc21. The minimum absolute atomic E-state index is 0.0619. The molecule has 0 radical (unpaired) electrons. The number of hydrogen-bond donors (Lipinski definition) is 2. The molecule has 2 N–H and O–H groups in total. The van der Waals surface area contributed by atoms with Crippen molar-refractivity contribution < 1.29 is 24.2 Å². The van der Waals surface area contributed by atoms with Crippen LogP contribution in [0.3, 0.4) is 0 Å². The van der Waals surface area contributed by atoms with Crippen LogP contribution in [0.4, 0.5) is 4.79 Å². The number of carbonyl (C=O) groups excluding carboxylic acids is 2. The molecular formula is C25H30N2O5. The van der Waals surface area contributed by atoms with Gasteiger partial charge in [0.2, 0.25) is 5.91 Å². The number of nitrogens with zero attached hydrogens (tertiary/aromatic N) is 1. The van der Waals surface area contributed by atoms with E-state index in [0.29, 0.717) is 0 Å². The van der Waals surface area contributed by atoms with Crippen LogP contribution in [0.1, 0.15) is 50.2 Å². The molecular weight excluding hydrogens is 408 g/mol. The zero-order valence-corrected chi connectivity index (χ0v) is 18.7. The number of fused-ring (bicyclic) bond motifs is 3. The van der Waals surface area contributed by atoms with Crippen LogP contribution in [-0.4, -0.2) is 53.7 Å². The van der Waals surface area contributed by atoms with Gasteiger partial charge in [-0.1, -0.05) is 61.9 Å². The third-order valence-corrected chi connectivity index (χ3v) is 6.03. The van der Waals surface area contributed by atoms with Crippen LogP contribution in [0, 0.1) is 0 Å². The predicted molar refractivity (Wildman–Crippen MR) is 121 cm³/mol. The Balaban J connectivity index is 1.68. The van der Waals surface area contributed by atoms with Crippen molar-refractivity contribution in [2.45, 2.75) is 51.1 Å². The van der Waals surface area contributed by atoms with Crippen molar-refractivity contribution in [1.29, 1.82) is 0 Å². The number of aliphatic carboxylic acids is 1. The van der Waals surface area contributed by atoms with Gasteiger partial charge in [0, 0.05) is 19.0 Å². The average molecular weight is 439 g/mol. The Labute approximate surface area is 188 Å². The largest absolute Gasteiger partial charge is 0.481 e. The maximum atomic E-state index is 12.8. The lowest BCUT2D eigenvalue weighted by Crippen LogP contribution is -2.50. The van der Waals surface area contributed by atoms with Crippen molar-refractivity contribution in [3.05, 3.63) is 59.7 Å². The summed E-state index contributed by atoms with van der Waals surface area (Å²) < 4.78 is 5.48. The van der Waals surface area contributed by atoms with E-state index in [1.54, 1.807) is 7.05 Å². The molecule has 0 saturated carbocycles. The molecule has 2 amide bonds. The Hall–Kier alpha value is -3.35. The summed E-state index contributed by atoms with van der Waals surface area (Å²) in [5.41, 5.74) is 4.38. The number of rotatable bonds is 9. The van der Waals surface area contributed by atoms with E-state index in [0.717, 1.165) is 35.1 Å².